The smallest absolute Gasteiger partial charge is 0.332 e. The number of carbonyl (C=O) groups is 2. The first-order valence-electron chi connectivity index (χ1n) is 4.77. The maximum Gasteiger partial charge on any atom is 0.332 e. The second-order valence-electron chi connectivity index (χ2n) is 2.94. The topological polar surface area (TPSA) is 88.3 Å². The van der Waals surface area contributed by atoms with Crippen molar-refractivity contribution in [3.05, 3.63) is 0 Å². The van der Waals surface area contributed by atoms with Gasteiger partial charge in [0, 0.05) is 0 Å². The third-order valence-electron chi connectivity index (χ3n) is 1.88. The van der Waals surface area contributed by atoms with Crippen LogP contribution in [0.25, 0.3) is 0 Å². The molecule has 0 aliphatic carbocycles. The molecule has 0 fully saturated rings. The Kier molecular flexibility index (Phi) is 6.24. The van der Waals surface area contributed by atoms with Crippen LogP contribution in [0.3, 0.4) is 0 Å². The molecule has 6 heteroatoms. The van der Waals surface area contributed by atoms with Crippen LogP contribution in [0.4, 0.5) is 0 Å². The van der Waals surface area contributed by atoms with Gasteiger partial charge in [-0.2, -0.15) is 10.2 Å². The molecule has 0 aromatic carbocycles. The molecule has 2 atom stereocenters. The molecule has 0 heterocycles. The lowest BCUT2D eigenvalue weighted by atomic mass is 10.2. The molecule has 0 aliphatic rings. The largest absolute Gasteiger partial charge is 0.480 e. The predicted octanol–water partition coefficient (Wildman–Crippen LogP) is 1.25. The summed E-state index contributed by atoms with van der Waals surface area (Å²) in [6.45, 7) is 3.44. The Balaban J connectivity index is 4.45. The lowest BCUT2D eigenvalue weighted by Gasteiger charge is -2.07. The first-order valence-corrected chi connectivity index (χ1v) is 4.77. The second-order valence-corrected chi connectivity index (χ2v) is 2.94. The summed E-state index contributed by atoms with van der Waals surface area (Å²) >= 11 is 0. The molecule has 0 aliphatic heterocycles. The highest BCUT2D eigenvalue weighted by molar-refractivity contribution is 5.76. The van der Waals surface area contributed by atoms with E-state index in [2.05, 4.69) is 15.0 Å². The van der Waals surface area contributed by atoms with Gasteiger partial charge in [-0.1, -0.05) is 13.8 Å². The summed E-state index contributed by atoms with van der Waals surface area (Å²) in [5.41, 5.74) is 0. The first-order chi connectivity index (χ1) is 7.06. The van der Waals surface area contributed by atoms with Gasteiger partial charge >= 0.3 is 11.9 Å². The summed E-state index contributed by atoms with van der Waals surface area (Å²) in [4.78, 5) is 21.7. The Morgan fingerprint density at radius 2 is 1.67 bits per heavy atom. The molecular formula is C9H16N2O4. The molecule has 0 saturated heterocycles. The number of rotatable bonds is 6. The van der Waals surface area contributed by atoms with Gasteiger partial charge in [-0.05, 0) is 12.8 Å². The summed E-state index contributed by atoms with van der Waals surface area (Å²) < 4.78 is 4.49. The van der Waals surface area contributed by atoms with Gasteiger partial charge in [0.15, 0.2) is 12.1 Å². The molecule has 0 rings (SSSR count). The fraction of sp³-hybridized carbons (Fsp3) is 0.778. The van der Waals surface area contributed by atoms with Crippen molar-refractivity contribution in [2.45, 2.75) is 38.8 Å². The summed E-state index contributed by atoms with van der Waals surface area (Å²) in [5.74, 6) is -1.54. The van der Waals surface area contributed by atoms with Crippen molar-refractivity contribution in [1.29, 1.82) is 0 Å². The van der Waals surface area contributed by atoms with Crippen molar-refractivity contribution in [3.8, 4) is 0 Å². The molecular weight excluding hydrogens is 200 g/mol. The van der Waals surface area contributed by atoms with Crippen LogP contribution < -0.4 is 0 Å². The Morgan fingerprint density at radius 3 is 2.00 bits per heavy atom. The van der Waals surface area contributed by atoms with Crippen LogP contribution in [0.1, 0.15) is 26.7 Å². The molecule has 0 bridgehead atoms. The monoisotopic (exact) mass is 216 g/mol. The van der Waals surface area contributed by atoms with Crippen molar-refractivity contribution in [2.75, 3.05) is 7.11 Å². The Hall–Kier alpha value is -1.46. The molecule has 86 valence electrons. The average Bonchev–Trinajstić information content (AvgIpc) is 2.23. The predicted molar refractivity (Wildman–Crippen MR) is 52.7 cm³/mol. The minimum Gasteiger partial charge on any atom is -0.480 e. The number of nitrogens with zero attached hydrogens (tertiary/aromatic N) is 2. The van der Waals surface area contributed by atoms with Crippen molar-refractivity contribution >= 4 is 11.9 Å². The van der Waals surface area contributed by atoms with Gasteiger partial charge in [0.1, 0.15) is 0 Å². The summed E-state index contributed by atoms with van der Waals surface area (Å²) in [7, 11) is 1.26. The third kappa shape index (κ3) is 4.53. The summed E-state index contributed by atoms with van der Waals surface area (Å²) in [6.07, 6.45) is 0.780. The molecule has 1 N–H and O–H groups in total. The zero-order valence-electron chi connectivity index (χ0n) is 9.14. The Bertz CT molecular complexity index is 252. The number of hydrogen-bond donors (Lipinski definition) is 1. The van der Waals surface area contributed by atoms with Gasteiger partial charge < -0.3 is 9.84 Å². The standard InChI is InChI=1S/C9H16N2O4/c1-4-6(8(12)13)10-11-7(5-2)9(14)15-3/h6-7H,4-5H2,1-3H3,(H,12,13). The van der Waals surface area contributed by atoms with E-state index in [1.54, 1.807) is 13.8 Å². The second kappa shape index (κ2) is 6.92. The lowest BCUT2D eigenvalue weighted by Crippen LogP contribution is -2.21. The van der Waals surface area contributed by atoms with Gasteiger partial charge in [0.25, 0.3) is 0 Å². The van der Waals surface area contributed by atoms with Crippen LogP contribution in [0, 0.1) is 0 Å². The minimum absolute atomic E-state index is 0.344. The Labute approximate surface area is 88.3 Å². The molecule has 0 amide bonds. The number of carbonyl (C=O) groups excluding carboxylic acids is 1. The molecule has 0 aromatic heterocycles. The quantitative estimate of drug-likeness (QED) is 0.534. The molecule has 0 saturated carbocycles. The minimum atomic E-state index is -1.04. The van der Waals surface area contributed by atoms with E-state index < -0.39 is 24.0 Å². The van der Waals surface area contributed by atoms with E-state index in [-0.39, 0.29) is 0 Å². The fourth-order valence-electron chi connectivity index (χ4n) is 0.898. The number of methoxy groups -OCH3 is 1. The van der Waals surface area contributed by atoms with Crippen LogP contribution in [-0.4, -0.2) is 36.2 Å². The lowest BCUT2D eigenvalue weighted by molar-refractivity contribution is -0.143. The zero-order chi connectivity index (χ0) is 11.8. The summed E-state index contributed by atoms with van der Waals surface area (Å²) in [5, 5.41) is 16.0. The number of azo groups is 1. The highest BCUT2D eigenvalue weighted by Crippen LogP contribution is 2.05. The van der Waals surface area contributed by atoms with Crippen LogP contribution in [-0.2, 0) is 14.3 Å². The molecule has 15 heavy (non-hydrogen) atoms. The van der Waals surface area contributed by atoms with Gasteiger partial charge in [-0.25, -0.2) is 9.59 Å². The van der Waals surface area contributed by atoms with E-state index in [1.807, 2.05) is 0 Å². The van der Waals surface area contributed by atoms with Gasteiger partial charge in [-0.3, -0.25) is 0 Å². The maximum atomic E-state index is 11.1. The van der Waals surface area contributed by atoms with Crippen LogP contribution in [0.5, 0.6) is 0 Å². The SMILES string of the molecule is CCC(N=NC(CC)C(=O)OC)C(=O)O. The van der Waals surface area contributed by atoms with E-state index in [1.165, 1.54) is 7.11 Å². The van der Waals surface area contributed by atoms with E-state index in [0.29, 0.717) is 12.8 Å². The number of hydrogen-bond acceptors (Lipinski definition) is 5. The average molecular weight is 216 g/mol. The number of aliphatic carboxylic acids is 1. The van der Waals surface area contributed by atoms with Crippen molar-refractivity contribution in [2.24, 2.45) is 10.2 Å². The number of ether oxygens (including phenoxy) is 1. The van der Waals surface area contributed by atoms with Crippen LogP contribution >= 0.6 is 0 Å². The molecule has 0 spiro atoms. The third-order valence-corrected chi connectivity index (χ3v) is 1.88. The fourth-order valence-corrected chi connectivity index (χ4v) is 0.898. The molecule has 6 nitrogen and oxygen atoms in total. The van der Waals surface area contributed by atoms with Crippen molar-refractivity contribution in [1.82, 2.24) is 0 Å². The number of carboxylic acids is 1. The van der Waals surface area contributed by atoms with E-state index in [4.69, 9.17) is 5.11 Å². The van der Waals surface area contributed by atoms with Gasteiger partial charge in [0.2, 0.25) is 0 Å². The Morgan fingerprint density at radius 1 is 1.20 bits per heavy atom. The van der Waals surface area contributed by atoms with Crippen molar-refractivity contribution < 1.29 is 19.4 Å². The highest BCUT2D eigenvalue weighted by Gasteiger charge is 2.18. The van der Waals surface area contributed by atoms with E-state index in [0.717, 1.165) is 0 Å². The number of carboxylic acid groups (broad SMARTS) is 1. The first kappa shape index (κ1) is 13.5. The van der Waals surface area contributed by atoms with Crippen LogP contribution in [0.2, 0.25) is 0 Å². The van der Waals surface area contributed by atoms with Crippen molar-refractivity contribution in [3.63, 3.8) is 0 Å². The van der Waals surface area contributed by atoms with E-state index >= 15 is 0 Å². The molecule has 0 radical (unpaired) electrons. The maximum absolute atomic E-state index is 11.1. The zero-order valence-corrected chi connectivity index (χ0v) is 9.14. The molecule has 0 aromatic rings. The molecule has 2 unspecified atom stereocenters. The normalized spacial score (nSPS) is 14.9. The van der Waals surface area contributed by atoms with Crippen LogP contribution in [0.15, 0.2) is 10.2 Å². The van der Waals surface area contributed by atoms with E-state index in [9.17, 15) is 9.59 Å². The van der Waals surface area contributed by atoms with Gasteiger partial charge in [0.05, 0.1) is 7.11 Å². The highest BCUT2D eigenvalue weighted by atomic mass is 16.5. The van der Waals surface area contributed by atoms with Gasteiger partial charge in [-0.15, -0.1) is 0 Å². The number of esters is 1. The summed E-state index contributed by atoms with van der Waals surface area (Å²) in [6, 6.07) is -1.59.